The highest BCUT2D eigenvalue weighted by Gasteiger charge is 2.24. The molecule has 0 radical (unpaired) electrons. The highest BCUT2D eigenvalue weighted by atomic mass is 32.2. The number of nitrogens with zero attached hydrogens (tertiary/aromatic N) is 1. The van der Waals surface area contributed by atoms with Crippen LogP contribution in [0, 0.1) is 13.8 Å². The molecule has 3 aromatic rings. The van der Waals surface area contributed by atoms with Crippen LogP contribution in [0.3, 0.4) is 0 Å². The van der Waals surface area contributed by atoms with Gasteiger partial charge in [0, 0.05) is 29.9 Å². The second-order valence-electron chi connectivity index (χ2n) is 8.34. The number of fused-ring (bicyclic) bond motifs is 1. The van der Waals surface area contributed by atoms with E-state index in [0.29, 0.717) is 36.3 Å². The number of anilines is 3. The molecule has 0 bridgehead atoms. The molecule has 0 atom stereocenters. The van der Waals surface area contributed by atoms with Gasteiger partial charge in [-0.2, -0.15) is 0 Å². The molecule has 176 valence electrons. The number of hydrogen-bond acceptors (Lipinski definition) is 4. The Morgan fingerprint density at radius 1 is 0.971 bits per heavy atom. The van der Waals surface area contributed by atoms with E-state index in [1.807, 2.05) is 39.0 Å². The molecule has 3 aromatic carbocycles. The van der Waals surface area contributed by atoms with E-state index >= 15 is 0 Å². The van der Waals surface area contributed by atoms with Crippen molar-refractivity contribution < 1.29 is 18.0 Å². The van der Waals surface area contributed by atoms with Gasteiger partial charge in [0.1, 0.15) is 0 Å². The van der Waals surface area contributed by atoms with E-state index in [4.69, 9.17) is 0 Å². The summed E-state index contributed by atoms with van der Waals surface area (Å²) in [5, 5.41) is 2.81. The van der Waals surface area contributed by atoms with Crippen LogP contribution in [0.4, 0.5) is 17.1 Å². The summed E-state index contributed by atoms with van der Waals surface area (Å²) in [6, 6.07) is 16.9. The summed E-state index contributed by atoms with van der Waals surface area (Å²) in [7, 11) is -3.77. The maximum atomic E-state index is 12.8. The first-order valence-corrected chi connectivity index (χ1v) is 12.6. The quantitative estimate of drug-likeness (QED) is 0.540. The highest BCUT2D eigenvalue weighted by molar-refractivity contribution is 7.92. The number of sulfonamides is 1. The summed E-state index contributed by atoms with van der Waals surface area (Å²) in [5.74, 6) is -0.231. The minimum atomic E-state index is -3.77. The van der Waals surface area contributed by atoms with Gasteiger partial charge in [-0.05, 0) is 79.4 Å². The summed E-state index contributed by atoms with van der Waals surface area (Å²) >= 11 is 0. The van der Waals surface area contributed by atoms with Crippen molar-refractivity contribution in [1.82, 2.24) is 0 Å². The second-order valence-corrected chi connectivity index (χ2v) is 10.0. The average Bonchev–Trinajstić information content (AvgIpc) is 3.25. The maximum Gasteiger partial charge on any atom is 0.261 e. The normalized spacial score (nSPS) is 12.9. The van der Waals surface area contributed by atoms with Crippen molar-refractivity contribution >= 4 is 38.9 Å². The molecule has 8 heteroatoms. The molecule has 0 spiro atoms. The van der Waals surface area contributed by atoms with Crippen LogP contribution in [0.5, 0.6) is 0 Å². The minimum absolute atomic E-state index is 0.0677. The Morgan fingerprint density at radius 3 is 2.29 bits per heavy atom. The fraction of sp³-hybridized carbons (Fsp3) is 0.231. The maximum absolute atomic E-state index is 12.8. The Labute approximate surface area is 199 Å². The van der Waals surface area contributed by atoms with E-state index in [1.165, 1.54) is 12.1 Å². The monoisotopic (exact) mass is 477 g/mol. The molecule has 0 saturated heterocycles. The number of benzene rings is 3. The molecule has 0 aliphatic carbocycles. The second kappa shape index (κ2) is 9.30. The Hall–Kier alpha value is -3.65. The Morgan fingerprint density at radius 2 is 1.65 bits per heavy atom. The Kier molecular flexibility index (Phi) is 6.43. The van der Waals surface area contributed by atoms with E-state index in [1.54, 1.807) is 35.2 Å². The molecular formula is C26H27N3O4S. The van der Waals surface area contributed by atoms with Crippen molar-refractivity contribution in [2.24, 2.45) is 0 Å². The van der Waals surface area contributed by atoms with Crippen LogP contribution in [0.2, 0.25) is 0 Å². The van der Waals surface area contributed by atoms with Crippen LogP contribution < -0.4 is 14.9 Å². The lowest BCUT2D eigenvalue weighted by molar-refractivity contribution is -0.118. The van der Waals surface area contributed by atoms with Gasteiger partial charge >= 0.3 is 0 Å². The first-order chi connectivity index (χ1) is 16.2. The van der Waals surface area contributed by atoms with Crippen molar-refractivity contribution in [3.05, 3.63) is 82.9 Å². The fourth-order valence-electron chi connectivity index (χ4n) is 4.08. The first kappa shape index (κ1) is 23.5. The van der Waals surface area contributed by atoms with Crippen molar-refractivity contribution in [3.8, 4) is 0 Å². The Bertz CT molecular complexity index is 1350. The summed E-state index contributed by atoms with van der Waals surface area (Å²) in [4.78, 5) is 26.7. The van der Waals surface area contributed by atoms with Crippen LogP contribution in [0.1, 0.15) is 40.4 Å². The number of nitrogens with one attached hydrogen (secondary N) is 2. The average molecular weight is 478 g/mol. The molecule has 1 aliphatic rings. The Balaban J connectivity index is 1.47. The molecule has 0 fully saturated rings. The van der Waals surface area contributed by atoms with Gasteiger partial charge in [-0.3, -0.25) is 14.3 Å². The number of hydrogen-bond donors (Lipinski definition) is 2. The summed E-state index contributed by atoms with van der Waals surface area (Å²) < 4.78 is 28.3. The lowest BCUT2D eigenvalue weighted by Crippen LogP contribution is -2.27. The number of amides is 2. The van der Waals surface area contributed by atoms with Gasteiger partial charge in [0.2, 0.25) is 5.91 Å². The van der Waals surface area contributed by atoms with Gasteiger partial charge in [0.25, 0.3) is 15.9 Å². The van der Waals surface area contributed by atoms with Gasteiger partial charge in [0.15, 0.2) is 0 Å². The molecule has 0 saturated carbocycles. The number of para-hydroxylation sites is 1. The summed E-state index contributed by atoms with van der Waals surface area (Å²) in [6.45, 7) is 6.15. The number of aryl methyl sites for hydroxylation is 2. The van der Waals surface area contributed by atoms with Crippen LogP contribution in [-0.4, -0.2) is 26.8 Å². The van der Waals surface area contributed by atoms with E-state index in [9.17, 15) is 18.0 Å². The van der Waals surface area contributed by atoms with Gasteiger partial charge in [-0.25, -0.2) is 8.42 Å². The highest BCUT2D eigenvalue weighted by Crippen LogP contribution is 2.30. The number of carbonyl (C=O) groups is 2. The minimum Gasteiger partial charge on any atom is -0.322 e. The third-order valence-electron chi connectivity index (χ3n) is 5.98. The van der Waals surface area contributed by atoms with Crippen molar-refractivity contribution in [3.63, 3.8) is 0 Å². The zero-order valence-electron chi connectivity index (χ0n) is 19.4. The summed E-state index contributed by atoms with van der Waals surface area (Å²) in [6.07, 6.45) is 1.15. The fourth-order valence-corrected chi connectivity index (χ4v) is 5.29. The molecular weight excluding hydrogens is 450 g/mol. The van der Waals surface area contributed by atoms with Crippen LogP contribution in [0.25, 0.3) is 0 Å². The van der Waals surface area contributed by atoms with Crippen molar-refractivity contribution in [2.75, 3.05) is 21.5 Å². The molecule has 0 aromatic heterocycles. The third kappa shape index (κ3) is 4.68. The van der Waals surface area contributed by atoms with Crippen LogP contribution >= 0.6 is 0 Å². The number of carbonyl (C=O) groups excluding carboxylic acids is 2. The largest absolute Gasteiger partial charge is 0.322 e. The third-order valence-corrected chi connectivity index (χ3v) is 7.35. The van der Waals surface area contributed by atoms with Crippen LogP contribution in [0.15, 0.2) is 65.6 Å². The summed E-state index contributed by atoms with van der Waals surface area (Å²) in [5.41, 5.74) is 5.03. The lowest BCUT2D eigenvalue weighted by Gasteiger charge is -2.16. The standard InChI is InChI=1S/C26H27N3O4S/c1-4-24(30)29-15-14-19-16-20(8-13-23(19)29)26(31)27-21-9-11-22(12-10-21)34(32,33)28-25-17(2)6-5-7-18(25)3/h5-13,16,28H,4,14-15H2,1-3H3,(H,27,31). The molecule has 34 heavy (non-hydrogen) atoms. The molecule has 2 N–H and O–H groups in total. The first-order valence-electron chi connectivity index (χ1n) is 11.1. The predicted molar refractivity (Wildman–Crippen MR) is 134 cm³/mol. The molecule has 2 amide bonds. The zero-order chi connectivity index (χ0) is 24.5. The van der Waals surface area contributed by atoms with Gasteiger partial charge in [-0.15, -0.1) is 0 Å². The number of rotatable bonds is 6. The SMILES string of the molecule is CCC(=O)N1CCc2cc(C(=O)Nc3ccc(S(=O)(=O)Nc4c(C)cccc4C)cc3)ccc21. The van der Waals surface area contributed by atoms with Crippen LogP contribution in [-0.2, 0) is 21.2 Å². The topological polar surface area (TPSA) is 95.6 Å². The van der Waals surface area contributed by atoms with Crippen molar-refractivity contribution in [2.45, 2.75) is 38.5 Å². The smallest absolute Gasteiger partial charge is 0.261 e. The van der Waals surface area contributed by atoms with Gasteiger partial charge in [0.05, 0.1) is 10.6 Å². The molecule has 4 rings (SSSR count). The lowest BCUT2D eigenvalue weighted by atomic mass is 10.1. The van der Waals surface area contributed by atoms with Gasteiger partial charge in [-0.1, -0.05) is 25.1 Å². The predicted octanol–water partition coefficient (Wildman–Crippen LogP) is 4.66. The molecule has 7 nitrogen and oxygen atoms in total. The van der Waals surface area contributed by atoms with Crippen molar-refractivity contribution in [1.29, 1.82) is 0 Å². The zero-order valence-corrected chi connectivity index (χ0v) is 20.2. The molecule has 1 heterocycles. The van der Waals surface area contributed by atoms with E-state index in [-0.39, 0.29) is 16.7 Å². The van der Waals surface area contributed by atoms with Gasteiger partial charge < -0.3 is 10.2 Å². The molecule has 1 aliphatic heterocycles. The van der Waals surface area contributed by atoms with E-state index in [2.05, 4.69) is 10.0 Å². The molecule has 0 unspecified atom stereocenters. The van der Waals surface area contributed by atoms with E-state index < -0.39 is 10.0 Å². The van der Waals surface area contributed by atoms with E-state index in [0.717, 1.165) is 22.4 Å².